The van der Waals surface area contributed by atoms with Gasteiger partial charge in [0.05, 0.1) is 38.0 Å². The van der Waals surface area contributed by atoms with Gasteiger partial charge < -0.3 is 18.9 Å². The third-order valence-corrected chi connectivity index (χ3v) is 5.47. The zero-order valence-electron chi connectivity index (χ0n) is 15.4. The molecule has 0 bridgehead atoms. The van der Waals surface area contributed by atoms with Crippen LogP contribution in [0.15, 0.2) is 12.5 Å². The maximum atomic E-state index is 5.78. The standard InChI is InChI=1S/C17H27N5O2S/c1-5-24-16-15(25-17(19-16)20(3)4)14-10-18-12-22(14)13(2)11-21-6-8-23-9-7-21/h10,12-13H,5-9,11H2,1-4H3. The average Bonchev–Trinajstić information content (AvgIpc) is 3.22. The normalized spacial score (nSPS) is 16.8. The maximum Gasteiger partial charge on any atom is 0.236 e. The minimum atomic E-state index is 0.315. The Bertz CT molecular complexity index is 678. The van der Waals surface area contributed by atoms with Crippen molar-refractivity contribution < 1.29 is 9.47 Å². The van der Waals surface area contributed by atoms with Crippen molar-refractivity contribution in [3.63, 3.8) is 0 Å². The van der Waals surface area contributed by atoms with E-state index >= 15 is 0 Å². The smallest absolute Gasteiger partial charge is 0.236 e. The summed E-state index contributed by atoms with van der Waals surface area (Å²) in [6.07, 6.45) is 3.82. The molecule has 1 aliphatic rings. The van der Waals surface area contributed by atoms with Crippen molar-refractivity contribution >= 4 is 16.5 Å². The summed E-state index contributed by atoms with van der Waals surface area (Å²) in [5.74, 6) is 0.691. The molecule has 2 aromatic heterocycles. The van der Waals surface area contributed by atoms with Crippen molar-refractivity contribution in [2.24, 2.45) is 0 Å². The molecule has 1 atom stereocenters. The van der Waals surface area contributed by atoms with Gasteiger partial charge in [-0.25, -0.2) is 4.98 Å². The Kier molecular flexibility index (Phi) is 5.93. The number of imidazole rings is 1. The minimum Gasteiger partial charge on any atom is -0.477 e. The van der Waals surface area contributed by atoms with E-state index < -0.39 is 0 Å². The van der Waals surface area contributed by atoms with Crippen LogP contribution in [0.25, 0.3) is 10.6 Å². The van der Waals surface area contributed by atoms with Gasteiger partial charge >= 0.3 is 0 Å². The number of thiazole rings is 1. The topological polar surface area (TPSA) is 55.7 Å². The zero-order valence-corrected chi connectivity index (χ0v) is 16.3. The van der Waals surface area contributed by atoms with Crippen LogP contribution in [-0.2, 0) is 4.74 Å². The Morgan fingerprint density at radius 1 is 1.36 bits per heavy atom. The number of hydrogen-bond acceptors (Lipinski definition) is 7. The molecule has 3 rings (SSSR count). The van der Waals surface area contributed by atoms with Crippen molar-refractivity contribution in [3.05, 3.63) is 12.5 Å². The molecule has 0 amide bonds. The number of morpholine rings is 1. The van der Waals surface area contributed by atoms with E-state index in [9.17, 15) is 0 Å². The van der Waals surface area contributed by atoms with Gasteiger partial charge in [-0.1, -0.05) is 11.3 Å². The number of hydrogen-bond donors (Lipinski definition) is 0. The fraction of sp³-hybridized carbons (Fsp3) is 0.647. The Labute approximate surface area is 153 Å². The lowest BCUT2D eigenvalue weighted by atomic mass is 10.2. The van der Waals surface area contributed by atoms with Gasteiger partial charge in [0, 0.05) is 39.8 Å². The first kappa shape index (κ1) is 18.2. The van der Waals surface area contributed by atoms with E-state index in [1.165, 1.54) is 0 Å². The van der Waals surface area contributed by atoms with Gasteiger partial charge in [0.25, 0.3) is 0 Å². The van der Waals surface area contributed by atoms with E-state index in [1.807, 2.05) is 38.4 Å². The van der Waals surface area contributed by atoms with Gasteiger partial charge in [0.2, 0.25) is 5.88 Å². The Morgan fingerprint density at radius 3 is 2.80 bits per heavy atom. The van der Waals surface area contributed by atoms with Gasteiger partial charge in [-0.15, -0.1) is 0 Å². The van der Waals surface area contributed by atoms with Crippen LogP contribution >= 0.6 is 11.3 Å². The molecule has 1 fully saturated rings. The summed E-state index contributed by atoms with van der Waals surface area (Å²) in [6, 6.07) is 0.315. The molecule has 1 aliphatic heterocycles. The molecule has 3 heterocycles. The lowest BCUT2D eigenvalue weighted by molar-refractivity contribution is 0.0326. The van der Waals surface area contributed by atoms with Crippen LogP contribution in [0, 0.1) is 0 Å². The predicted octanol–water partition coefficient (Wildman–Crippen LogP) is 2.36. The molecule has 25 heavy (non-hydrogen) atoms. The Morgan fingerprint density at radius 2 is 2.12 bits per heavy atom. The van der Waals surface area contributed by atoms with E-state index in [1.54, 1.807) is 11.3 Å². The van der Waals surface area contributed by atoms with Gasteiger partial charge in [-0.3, -0.25) is 4.90 Å². The summed E-state index contributed by atoms with van der Waals surface area (Å²) in [5, 5.41) is 0.937. The third kappa shape index (κ3) is 4.13. The molecule has 0 N–H and O–H groups in total. The number of anilines is 1. The molecule has 2 aromatic rings. The number of ether oxygens (including phenoxy) is 2. The van der Waals surface area contributed by atoms with Gasteiger partial charge in [-0.05, 0) is 13.8 Å². The summed E-state index contributed by atoms with van der Waals surface area (Å²) in [7, 11) is 3.99. The maximum absolute atomic E-state index is 5.78. The fourth-order valence-electron chi connectivity index (χ4n) is 2.96. The molecule has 1 saturated heterocycles. The van der Waals surface area contributed by atoms with Crippen LogP contribution in [0.5, 0.6) is 5.88 Å². The molecule has 138 valence electrons. The lowest BCUT2D eigenvalue weighted by Gasteiger charge is -2.30. The Hall–Kier alpha value is -1.64. The van der Waals surface area contributed by atoms with Crippen molar-refractivity contribution in [2.75, 3.05) is 58.5 Å². The van der Waals surface area contributed by atoms with Gasteiger partial charge in [0.1, 0.15) is 4.88 Å². The fourth-order valence-corrected chi connectivity index (χ4v) is 3.91. The number of aromatic nitrogens is 3. The highest BCUT2D eigenvalue weighted by Gasteiger charge is 2.22. The van der Waals surface area contributed by atoms with E-state index in [4.69, 9.17) is 9.47 Å². The highest BCUT2D eigenvalue weighted by atomic mass is 32.1. The summed E-state index contributed by atoms with van der Waals surface area (Å²) in [6.45, 7) is 9.41. The summed E-state index contributed by atoms with van der Waals surface area (Å²) >= 11 is 1.64. The molecule has 0 aromatic carbocycles. The highest BCUT2D eigenvalue weighted by Crippen LogP contribution is 2.39. The van der Waals surface area contributed by atoms with E-state index in [0.29, 0.717) is 18.5 Å². The number of nitrogens with zero attached hydrogens (tertiary/aromatic N) is 5. The van der Waals surface area contributed by atoms with Crippen molar-refractivity contribution in [2.45, 2.75) is 19.9 Å². The molecule has 8 heteroatoms. The SMILES string of the molecule is CCOc1nc(N(C)C)sc1-c1cncn1C(C)CN1CCOCC1. The first-order chi connectivity index (χ1) is 12.1. The molecule has 0 radical (unpaired) electrons. The largest absolute Gasteiger partial charge is 0.477 e. The lowest BCUT2D eigenvalue weighted by Crippen LogP contribution is -2.39. The van der Waals surface area contributed by atoms with Crippen LogP contribution in [-0.4, -0.2) is 73.0 Å². The second kappa shape index (κ2) is 8.16. The van der Waals surface area contributed by atoms with Crippen molar-refractivity contribution in [1.29, 1.82) is 0 Å². The van der Waals surface area contributed by atoms with E-state index in [0.717, 1.165) is 48.6 Å². The van der Waals surface area contributed by atoms with E-state index in [-0.39, 0.29) is 0 Å². The summed E-state index contributed by atoms with van der Waals surface area (Å²) < 4.78 is 13.5. The number of rotatable bonds is 7. The average molecular weight is 366 g/mol. The minimum absolute atomic E-state index is 0.315. The van der Waals surface area contributed by atoms with Crippen molar-refractivity contribution in [3.8, 4) is 16.5 Å². The zero-order chi connectivity index (χ0) is 17.8. The third-order valence-electron chi connectivity index (χ3n) is 4.25. The molecule has 1 unspecified atom stereocenters. The van der Waals surface area contributed by atoms with Gasteiger partial charge in [-0.2, -0.15) is 4.98 Å². The highest BCUT2D eigenvalue weighted by molar-refractivity contribution is 7.19. The molecule has 7 nitrogen and oxygen atoms in total. The van der Waals surface area contributed by atoms with Gasteiger partial charge in [0.15, 0.2) is 5.13 Å². The first-order valence-corrected chi connectivity index (χ1v) is 9.55. The van der Waals surface area contributed by atoms with Crippen LogP contribution in [0.2, 0.25) is 0 Å². The second-order valence-corrected chi connectivity index (χ2v) is 7.38. The van der Waals surface area contributed by atoms with Crippen molar-refractivity contribution in [1.82, 2.24) is 19.4 Å². The summed E-state index contributed by atoms with van der Waals surface area (Å²) in [4.78, 5) is 14.5. The first-order valence-electron chi connectivity index (χ1n) is 8.73. The summed E-state index contributed by atoms with van der Waals surface area (Å²) in [5.41, 5.74) is 1.06. The van der Waals surface area contributed by atoms with E-state index in [2.05, 4.69) is 26.4 Å². The van der Waals surface area contributed by atoms with Crippen LogP contribution < -0.4 is 9.64 Å². The predicted molar refractivity (Wildman–Crippen MR) is 101 cm³/mol. The monoisotopic (exact) mass is 365 g/mol. The van der Waals surface area contributed by atoms with Crippen LogP contribution in [0.1, 0.15) is 19.9 Å². The molecule has 0 aliphatic carbocycles. The second-order valence-electron chi connectivity index (χ2n) is 6.41. The van der Waals surface area contributed by atoms with Crippen LogP contribution in [0.4, 0.5) is 5.13 Å². The molecular formula is C17H27N5O2S. The molecule has 0 spiro atoms. The van der Waals surface area contributed by atoms with Crippen LogP contribution in [0.3, 0.4) is 0 Å². The molecular weight excluding hydrogens is 338 g/mol. The Balaban J connectivity index is 1.85. The quantitative estimate of drug-likeness (QED) is 0.751. The molecule has 0 saturated carbocycles.